The summed E-state index contributed by atoms with van der Waals surface area (Å²) in [6.45, 7) is 0.379. The fourth-order valence-corrected chi connectivity index (χ4v) is 4.79. The Balaban J connectivity index is 1.39. The summed E-state index contributed by atoms with van der Waals surface area (Å²) in [6, 6.07) is 15.2. The molecule has 0 bridgehead atoms. The van der Waals surface area contributed by atoms with Crippen molar-refractivity contribution >= 4 is 12.0 Å². The van der Waals surface area contributed by atoms with Crippen molar-refractivity contribution in [3.63, 3.8) is 0 Å². The average molecular weight is 418 g/mol. The molecule has 31 heavy (non-hydrogen) atoms. The number of carboxylic acids is 1. The third-order valence-corrected chi connectivity index (χ3v) is 6.23. The molecule has 0 spiro atoms. The van der Waals surface area contributed by atoms with Crippen molar-refractivity contribution in [1.29, 1.82) is 0 Å². The zero-order valence-corrected chi connectivity index (χ0v) is 16.7. The van der Waals surface area contributed by atoms with Gasteiger partial charge in [0.1, 0.15) is 0 Å². The second-order valence-electron chi connectivity index (χ2n) is 8.03. The number of nitrogens with one attached hydrogen (secondary N) is 2. The highest BCUT2D eigenvalue weighted by Crippen LogP contribution is 2.34. The van der Waals surface area contributed by atoms with Gasteiger partial charge in [-0.05, 0) is 34.7 Å². The van der Waals surface area contributed by atoms with Crippen LogP contribution in [-0.2, 0) is 11.3 Å². The molecule has 2 amide bonds. The molecule has 1 saturated heterocycles. The molecule has 9 nitrogen and oxygen atoms in total. The zero-order valence-electron chi connectivity index (χ0n) is 16.7. The van der Waals surface area contributed by atoms with Gasteiger partial charge in [0.05, 0.1) is 18.0 Å². The summed E-state index contributed by atoms with van der Waals surface area (Å²) in [5, 5.41) is 26.9. The van der Waals surface area contributed by atoms with Gasteiger partial charge < -0.3 is 15.3 Å². The Morgan fingerprint density at radius 2 is 1.87 bits per heavy atom. The van der Waals surface area contributed by atoms with Gasteiger partial charge in [0, 0.05) is 12.1 Å². The van der Waals surface area contributed by atoms with Gasteiger partial charge in [-0.1, -0.05) is 55.0 Å². The molecule has 5 rings (SSSR count). The van der Waals surface area contributed by atoms with Crippen LogP contribution in [0.25, 0.3) is 22.5 Å². The number of benzene rings is 2. The van der Waals surface area contributed by atoms with E-state index >= 15 is 0 Å². The van der Waals surface area contributed by atoms with Crippen LogP contribution in [0, 0.1) is 5.92 Å². The summed E-state index contributed by atoms with van der Waals surface area (Å²) in [6.07, 6.45) is 2.25. The van der Waals surface area contributed by atoms with E-state index in [9.17, 15) is 14.7 Å². The number of carboxylic acid groups (broad SMARTS) is 1. The molecule has 1 aliphatic heterocycles. The average Bonchev–Trinajstić information content (AvgIpc) is 3.42. The summed E-state index contributed by atoms with van der Waals surface area (Å²) in [7, 11) is 0. The molecule has 1 aliphatic carbocycles. The molecule has 158 valence electrons. The molecule has 1 saturated carbocycles. The molecule has 3 unspecified atom stereocenters. The van der Waals surface area contributed by atoms with E-state index in [4.69, 9.17) is 0 Å². The van der Waals surface area contributed by atoms with Crippen LogP contribution < -0.4 is 5.32 Å². The van der Waals surface area contributed by atoms with Gasteiger partial charge in [-0.3, -0.25) is 4.79 Å². The molecule has 0 radical (unpaired) electrons. The monoisotopic (exact) mass is 418 g/mol. The molecule has 2 aromatic carbocycles. The standard InChI is InChI=1S/C22H22N6O3/c29-21(30)17-6-3-7-18-19(17)28(22(31)23-18)12-13-8-10-14(11-9-13)15-4-1-2-5-16(15)20-24-26-27-25-20/h1-2,4-5,8-11,17-19H,3,6-7,12H2,(H,23,31)(H,29,30)(H,24,25,26,27). The summed E-state index contributed by atoms with van der Waals surface area (Å²) < 4.78 is 0. The largest absolute Gasteiger partial charge is 0.481 e. The predicted octanol–water partition coefficient (Wildman–Crippen LogP) is 2.68. The number of aromatic nitrogens is 4. The first-order chi connectivity index (χ1) is 15.1. The molecule has 2 aliphatic rings. The van der Waals surface area contributed by atoms with E-state index in [2.05, 4.69) is 25.9 Å². The summed E-state index contributed by atoms with van der Waals surface area (Å²) in [5.41, 5.74) is 3.80. The van der Waals surface area contributed by atoms with E-state index in [1.54, 1.807) is 4.90 Å². The van der Waals surface area contributed by atoms with E-state index in [0.717, 1.165) is 35.1 Å². The second-order valence-corrected chi connectivity index (χ2v) is 8.03. The number of aromatic amines is 1. The fraction of sp³-hybridized carbons (Fsp3) is 0.318. The third-order valence-electron chi connectivity index (χ3n) is 6.23. The predicted molar refractivity (Wildman–Crippen MR) is 112 cm³/mol. The van der Waals surface area contributed by atoms with Gasteiger partial charge in [-0.2, -0.15) is 5.21 Å². The van der Waals surface area contributed by atoms with Crippen LogP contribution in [0.2, 0.25) is 0 Å². The number of tetrazole rings is 1. The first-order valence-corrected chi connectivity index (χ1v) is 10.3. The summed E-state index contributed by atoms with van der Waals surface area (Å²) in [5.74, 6) is -0.833. The Bertz CT molecular complexity index is 1100. The van der Waals surface area contributed by atoms with Crippen molar-refractivity contribution in [1.82, 2.24) is 30.8 Å². The van der Waals surface area contributed by atoms with Crippen LogP contribution in [-0.4, -0.2) is 54.7 Å². The highest BCUT2D eigenvalue weighted by molar-refractivity contribution is 5.81. The number of carbonyl (C=O) groups excluding carboxylic acids is 1. The number of amides is 2. The SMILES string of the molecule is O=C(O)C1CCCC2NC(=O)N(Cc3ccc(-c4ccccc4-c4nn[nH]n4)cc3)C21. The van der Waals surface area contributed by atoms with Gasteiger partial charge >= 0.3 is 12.0 Å². The van der Waals surface area contributed by atoms with Crippen molar-refractivity contribution in [2.75, 3.05) is 0 Å². The van der Waals surface area contributed by atoms with Crippen molar-refractivity contribution in [3.05, 3.63) is 54.1 Å². The van der Waals surface area contributed by atoms with Crippen LogP contribution in [0.3, 0.4) is 0 Å². The maximum atomic E-state index is 12.6. The van der Waals surface area contributed by atoms with E-state index in [1.807, 2.05) is 48.5 Å². The molecule has 3 atom stereocenters. The van der Waals surface area contributed by atoms with Crippen LogP contribution >= 0.6 is 0 Å². The smallest absolute Gasteiger partial charge is 0.318 e. The Morgan fingerprint density at radius 3 is 2.58 bits per heavy atom. The second kappa shape index (κ2) is 7.82. The van der Waals surface area contributed by atoms with Crippen molar-refractivity contribution in [2.45, 2.75) is 37.9 Å². The van der Waals surface area contributed by atoms with Gasteiger partial charge in [0.2, 0.25) is 5.82 Å². The van der Waals surface area contributed by atoms with E-state index in [1.165, 1.54) is 0 Å². The first-order valence-electron chi connectivity index (χ1n) is 10.3. The Hall–Kier alpha value is -3.75. The molecule has 9 heteroatoms. The highest BCUT2D eigenvalue weighted by atomic mass is 16.4. The van der Waals surface area contributed by atoms with Crippen LogP contribution in [0.5, 0.6) is 0 Å². The van der Waals surface area contributed by atoms with Gasteiger partial charge in [0.25, 0.3) is 0 Å². The first kappa shape index (κ1) is 19.2. The van der Waals surface area contributed by atoms with Gasteiger partial charge in [-0.25, -0.2) is 4.79 Å². The van der Waals surface area contributed by atoms with E-state index in [0.29, 0.717) is 18.8 Å². The molecule has 3 N–H and O–H groups in total. The lowest BCUT2D eigenvalue weighted by Gasteiger charge is -2.34. The van der Waals surface area contributed by atoms with Crippen LogP contribution in [0.4, 0.5) is 4.79 Å². The number of rotatable bonds is 5. The highest BCUT2D eigenvalue weighted by Gasteiger charge is 2.48. The number of hydrogen-bond acceptors (Lipinski definition) is 5. The fourth-order valence-electron chi connectivity index (χ4n) is 4.79. The van der Waals surface area contributed by atoms with Gasteiger partial charge in [-0.15, -0.1) is 10.2 Å². The maximum Gasteiger partial charge on any atom is 0.318 e. The number of urea groups is 1. The lowest BCUT2D eigenvalue weighted by Crippen LogP contribution is -2.48. The van der Waals surface area contributed by atoms with Crippen molar-refractivity contribution < 1.29 is 14.7 Å². The van der Waals surface area contributed by atoms with E-state index in [-0.39, 0.29) is 18.1 Å². The Morgan fingerprint density at radius 1 is 1.10 bits per heavy atom. The van der Waals surface area contributed by atoms with Gasteiger partial charge in [0.15, 0.2) is 0 Å². The molecule has 3 aromatic rings. The molecule has 2 heterocycles. The summed E-state index contributed by atoms with van der Waals surface area (Å²) >= 11 is 0. The Labute approximate surface area is 178 Å². The topological polar surface area (TPSA) is 124 Å². The molecule has 1 aromatic heterocycles. The third kappa shape index (κ3) is 3.52. The zero-order chi connectivity index (χ0) is 21.4. The minimum absolute atomic E-state index is 0.0940. The lowest BCUT2D eigenvalue weighted by atomic mass is 9.81. The van der Waals surface area contributed by atoms with Crippen molar-refractivity contribution in [2.24, 2.45) is 5.92 Å². The van der Waals surface area contributed by atoms with Crippen molar-refractivity contribution in [3.8, 4) is 22.5 Å². The van der Waals surface area contributed by atoms with E-state index < -0.39 is 11.9 Å². The number of aliphatic carboxylic acids is 1. The molecule has 2 fully saturated rings. The number of hydrogen-bond donors (Lipinski definition) is 3. The number of fused-ring (bicyclic) bond motifs is 1. The Kier molecular flexibility index (Phi) is 4.85. The number of H-pyrrole nitrogens is 1. The quantitative estimate of drug-likeness (QED) is 0.585. The minimum Gasteiger partial charge on any atom is -0.481 e. The maximum absolute atomic E-state index is 12.6. The minimum atomic E-state index is -0.829. The normalized spacial score (nSPS) is 22.8. The number of carbonyl (C=O) groups is 2. The molecular formula is C22H22N6O3. The number of nitrogens with zero attached hydrogens (tertiary/aromatic N) is 4. The van der Waals surface area contributed by atoms with Crippen LogP contribution in [0.1, 0.15) is 24.8 Å². The molecular weight excluding hydrogens is 396 g/mol. The lowest BCUT2D eigenvalue weighted by molar-refractivity contribution is -0.145. The van der Waals surface area contributed by atoms with Crippen LogP contribution in [0.15, 0.2) is 48.5 Å². The summed E-state index contributed by atoms with van der Waals surface area (Å²) in [4.78, 5) is 26.0.